The van der Waals surface area contributed by atoms with Crippen LogP contribution in [0.1, 0.15) is 25.5 Å². The number of rotatable bonds is 5. The Morgan fingerprint density at radius 3 is 2.72 bits per heavy atom. The third-order valence-electron chi connectivity index (χ3n) is 4.50. The van der Waals surface area contributed by atoms with Gasteiger partial charge >= 0.3 is 0 Å². The van der Waals surface area contributed by atoms with Crippen LogP contribution in [0.15, 0.2) is 54.9 Å². The highest BCUT2D eigenvalue weighted by atomic mass is 16.5. The Morgan fingerprint density at radius 1 is 1.24 bits per heavy atom. The van der Waals surface area contributed by atoms with E-state index in [2.05, 4.69) is 36.3 Å². The maximum absolute atomic E-state index is 12.7. The van der Waals surface area contributed by atoms with Crippen molar-refractivity contribution in [3.05, 3.63) is 60.4 Å². The van der Waals surface area contributed by atoms with E-state index in [1.165, 1.54) is 0 Å². The molecule has 0 saturated carbocycles. The minimum absolute atomic E-state index is 0.0429. The van der Waals surface area contributed by atoms with Gasteiger partial charge in [0.15, 0.2) is 0 Å². The quantitative estimate of drug-likeness (QED) is 0.909. The third kappa shape index (κ3) is 4.57. The first-order valence-electron chi connectivity index (χ1n) is 8.75. The molecule has 0 radical (unpaired) electrons. The molecule has 2 aromatic rings. The average molecular weight is 339 g/mol. The topological polar surface area (TPSA) is 54.5 Å². The van der Waals surface area contributed by atoms with Gasteiger partial charge in [-0.2, -0.15) is 0 Å². The normalized spacial score (nSPS) is 20.5. The molecule has 0 aliphatic carbocycles. The molecule has 5 nitrogen and oxygen atoms in total. The van der Waals surface area contributed by atoms with Crippen LogP contribution in [0.25, 0.3) is 0 Å². The second-order valence-electron chi connectivity index (χ2n) is 6.71. The van der Waals surface area contributed by atoms with Gasteiger partial charge < -0.3 is 15.0 Å². The van der Waals surface area contributed by atoms with E-state index in [9.17, 15) is 4.79 Å². The van der Waals surface area contributed by atoms with E-state index in [1.54, 1.807) is 12.4 Å². The Labute approximate surface area is 149 Å². The smallest absolute Gasteiger partial charge is 0.242 e. The second-order valence-corrected chi connectivity index (χ2v) is 6.71. The van der Waals surface area contributed by atoms with E-state index in [1.807, 2.05) is 35.2 Å². The fraction of sp³-hybridized carbons (Fsp3) is 0.400. The number of nitrogens with one attached hydrogen (secondary N) is 1. The number of pyridine rings is 1. The summed E-state index contributed by atoms with van der Waals surface area (Å²) >= 11 is 0. The van der Waals surface area contributed by atoms with Gasteiger partial charge in [-0.25, -0.2) is 0 Å². The zero-order valence-corrected chi connectivity index (χ0v) is 14.8. The second kappa shape index (κ2) is 8.12. The maximum Gasteiger partial charge on any atom is 0.242 e. The van der Waals surface area contributed by atoms with Gasteiger partial charge in [-0.3, -0.25) is 9.78 Å². The first-order valence-corrected chi connectivity index (χ1v) is 8.75. The highest BCUT2D eigenvalue weighted by Gasteiger charge is 2.32. The van der Waals surface area contributed by atoms with Crippen molar-refractivity contribution >= 4 is 11.6 Å². The summed E-state index contributed by atoms with van der Waals surface area (Å²) < 4.78 is 6.25. The Bertz CT molecular complexity index is 676. The number of benzene rings is 1. The molecule has 2 atom stereocenters. The van der Waals surface area contributed by atoms with Crippen molar-refractivity contribution in [3.8, 4) is 0 Å². The average Bonchev–Trinajstić information content (AvgIpc) is 2.67. The Balaban J connectivity index is 1.67. The summed E-state index contributed by atoms with van der Waals surface area (Å²) in [7, 11) is 0. The zero-order chi connectivity index (χ0) is 17.6. The predicted molar refractivity (Wildman–Crippen MR) is 98.2 cm³/mol. The molecule has 3 rings (SSSR count). The summed E-state index contributed by atoms with van der Waals surface area (Å²) in [5, 5.41) is 3.15. The number of aromatic nitrogens is 1. The Morgan fingerprint density at radius 2 is 2.04 bits per heavy atom. The molecule has 1 aliphatic heterocycles. The van der Waals surface area contributed by atoms with Gasteiger partial charge in [-0.05, 0) is 23.6 Å². The minimum Gasteiger partial charge on any atom is -0.375 e. The maximum atomic E-state index is 12.7. The summed E-state index contributed by atoms with van der Waals surface area (Å²) in [6.07, 6.45) is 3.40. The molecule has 132 valence electrons. The molecule has 1 aliphatic rings. The van der Waals surface area contributed by atoms with E-state index < -0.39 is 0 Å². The fourth-order valence-electron chi connectivity index (χ4n) is 2.97. The van der Waals surface area contributed by atoms with Crippen molar-refractivity contribution in [1.82, 2.24) is 9.88 Å². The molecule has 1 N–H and O–H groups in total. The molecule has 0 bridgehead atoms. The molecule has 2 heterocycles. The predicted octanol–water partition coefficient (Wildman–Crippen LogP) is 3.12. The van der Waals surface area contributed by atoms with E-state index in [0.29, 0.717) is 19.0 Å². The molecule has 1 fully saturated rings. The summed E-state index contributed by atoms with van der Waals surface area (Å²) in [6, 6.07) is 13.9. The van der Waals surface area contributed by atoms with Crippen LogP contribution < -0.4 is 5.32 Å². The van der Waals surface area contributed by atoms with E-state index in [4.69, 9.17) is 4.74 Å². The van der Waals surface area contributed by atoms with Crippen molar-refractivity contribution in [1.29, 1.82) is 0 Å². The number of ether oxygens (including phenoxy) is 1. The van der Waals surface area contributed by atoms with Crippen LogP contribution in [0, 0.1) is 5.92 Å². The number of hydrogen-bond donors (Lipinski definition) is 1. The van der Waals surface area contributed by atoms with Crippen LogP contribution in [-0.4, -0.2) is 41.5 Å². The molecule has 0 spiro atoms. The van der Waals surface area contributed by atoms with E-state index >= 15 is 0 Å². The van der Waals surface area contributed by atoms with Crippen molar-refractivity contribution in [2.45, 2.75) is 26.1 Å². The first-order chi connectivity index (χ1) is 12.1. The number of morpholine rings is 1. The van der Waals surface area contributed by atoms with Crippen LogP contribution in [-0.2, 0) is 9.53 Å². The minimum atomic E-state index is -0.0790. The lowest BCUT2D eigenvalue weighted by molar-refractivity contribution is -0.148. The van der Waals surface area contributed by atoms with Gasteiger partial charge in [0.05, 0.1) is 24.9 Å². The zero-order valence-electron chi connectivity index (χ0n) is 14.8. The van der Waals surface area contributed by atoms with Crippen molar-refractivity contribution in [3.63, 3.8) is 0 Å². The van der Waals surface area contributed by atoms with Crippen molar-refractivity contribution in [2.75, 3.05) is 25.0 Å². The molecular formula is C20H25N3O2. The number of hydrogen-bond acceptors (Lipinski definition) is 4. The van der Waals surface area contributed by atoms with Gasteiger partial charge in [-0.15, -0.1) is 0 Å². The molecule has 1 aromatic carbocycles. The highest BCUT2D eigenvalue weighted by Crippen LogP contribution is 2.28. The number of amides is 1. The summed E-state index contributed by atoms with van der Waals surface area (Å²) in [5.74, 6) is 0.437. The number of carbonyl (C=O) groups excluding carboxylic acids is 1. The fourth-order valence-corrected chi connectivity index (χ4v) is 2.97. The van der Waals surface area contributed by atoms with E-state index in [0.717, 1.165) is 11.3 Å². The third-order valence-corrected chi connectivity index (χ3v) is 4.50. The van der Waals surface area contributed by atoms with E-state index in [-0.39, 0.29) is 24.7 Å². The Kier molecular flexibility index (Phi) is 5.66. The molecule has 1 aromatic heterocycles. The van der Waals surface area contributed by atoms with Gasteiger partial charge in [0.1, 0.15) is 6.10 Å². The van der Waals surface area contributed by atoms with Gasteiger partial charge in [0.2, 0.25) is 5.91 Å². The Hall–Kier alpha value is -2.40. The SMILES string of the molecule is CC(C)[C@H]1CN(C(=O)CNc2cccnc2)C[C@@H](c2ccccc2)O1. The van der Waals surface area contributed by atoms with Crippen molar-refractivity contribution in [2.24, 2.45) is 5.92 Å². The van der Waals surface area contributed by atoms with Crippen LogP contribution in [0.5, 0.6) is 0 Å². The number of carbonyl (C=O) groups is 1. The van der Waals surface area contributed by atoms with Crippen LogP contribution in [0.4, 0.5) is 5.69 Å². The van der Waals surface area contributed by atoms with Crippen molar-refractivity contribution < 1.29 is 9.53 Å². The molecule has 1 saturated heterocycles. The summed E-state index contributed by atoms with van der Waals surface area (Å²) in [4.78, 5) is 18.7. The lowest BCUT2D eigenvalue weighted by Gasteiger charge is -2.40. The monoisotopic (exact) mass is 339 g/mol. The number of anilines is 1. The highest BCUT2D eigenvalue weighted by molar-refractivity contribution is 5.81. The van der Waals surface area contributed by atoms with Crippen LogP contribution in [0.2, 0.25) is 0 Å². The summed E-state index contributed by atoms with van der Waals surface area (Å²) in [6.45, 7) is 5.75. The molecule has 0 unspecified atom stereocenters. The standard InChI is InChI=1S/C20H25N3O2/c1-15(2)18-13-23(14-19(25-18)16-7-4-3-5-8-16)20(24)12-22-17-9-6-10-21-11-17/h3-11,15,18-19,22H,12-14H2,1-2H3/t18-,19+/m1/s1. The van der Waals surface area contributed by atoms with Gasteiger partial charge in [0.25, 0.3) is 0 Å². The lowest BCUT2D eigenvalue weighted by atomic mass is 10.0. The van der Waals surface area contributed by atoms with Crippen LogP contribution in [0.3, 0.4) is 0 Å². The largest absolute Gasteiger partial charge is 0.375 e. The first kappa shape index (κ1) is 17.4. The lowest BCUT2D eigenvalue weighted by Crippen LogP contribution is -2.50. The number of nitrogens with zero attached hydrogens (tertiary/aromatic N) is 2. The molecule has 5 heteroatoms. The molecular weight excluding hydrogens is 314 g/mol. The van der Waals surface area contributed by atoms with Gasteiger partial charge in [0, 0.05) is 18.9 Å². The summed E-state index contributed by atoms with van der Waals surface area (Å²) in [5.41, 5.74) is 1.97. The van der Waals surface area contributed by atoms with Gasteiger partial charge in [-0.1, -0.05) is 44.2 Å². The van der Waals surface area contributed by atoms with Crippen LogP contribution >= 0.6 is 0 Å². The molecule has 1 amide bonds. The molecule has 25 heavy (non-hydrogen) atoms.